The van der Waals surface area contributed by atoms with Gasteiger partial charge in [0.05, 0.1) is 0 Å². The summed E-state index contributed by atoms with van der Waals surface area (Å²) in [6, 6.07) is 0. The molecule has 0 aromatic heterocycles. The van der Waals surface area contributed by atoms with Crippen LogP contribution in [0.1, 0.15) is 270 Å². The van der Waals surface area contributed by atoms with E-state index in [9.17, 15) is 4.79 Å². The van der Waals surface area contributed by atoms with E-state index in [4.69, 9.17) is 5.11 Å². The first kappa shape index (κ1) is 46.3. The normalized spacial score (nSPS) is 11.4. The Kier molecular flexibility index (Phi) is 42.6. The van der Waals surface area contributed by atoms with Crippen LogP contribution in [0.4, 0.5) is 4.79 Å². The summed E-state index contributed by atoms with van der Waals surface area (Å²) in [5.74, 6) is 0. The zero-order valence-electron chi connectivity index (χ0n) is 32.6. The first-order valence-electron chi connectivity index (χ1n) is 22.2. The standard InChI is InChI=1S/C44H89NO2/c1-2-3-4-5-6-7-8-9-10-11-12-13-14-15-16-17-18-19-20-21-22-23-24-25-26-27-28-29-30-31-32-33-34-35-36-37-38-39-40-41-42-43-45-44(46)47/h45H,2-43H2,1H3,(H,46,47). The predicted octanol–water partition coefficient (Wildman–Crippen LogP) is 16.3. The number of hydrogen-bond donors (Lipinski definition) is 2. The molecule has 1 amide bonds. The fourth-order valence-electron chi connectivity index (χ4n) is 7.29. The summed E-state index contributed by atoms with van der Waals surface area (Å²) >= 11 is 0. The number of amides is 1. The molecule has 3 nitrogen and oxygen atoms in total. The quantitative estimate of drug-likeness (QED) is 0.0639. The second-order valence-corrected chi connectivity index (χ2v) is 15.4. The topological polar surface area (TPSA) is 49.3 Å². The Morgan fingerprint density at radius 1 is 0.298 bits per heavy atom. The Morgan fingerprint density at radius 3 is 0.596 bits per heavy atom. The summed E-state index contributed by atoms with van der Waals surface area (Å²) in [5.41, 5.74) is 0. The van der Waals surface area contributed by atoms with E-state index in [2.05, 4.69) is 12.2 Å². The van der Waals surface area contributed by atoms with E-state index in [1.54, 1.807) is 0 Å². The fraction of sp³-hybridized carbons (Fsp3) is 0.977. The third kappa shape index (κ3) is 45.3. The van der Waals surface area contributed by atoms with Crippen molar-refractivity contribution in [3.05, 3.63) is 0 Å². The molecule has 0 saturated heterocycles. The minimum absolute atomic E-state index is 0.606. The van der Waals surface area contributed by atoms with Gasteiger partial charge in [-0.25, -0.2) is 4.79 Å². The van der Waals surface area contributed by atoms with Crippen LogP contribution >= 0.6 is 0 Å². The molecule has 0 bridgehead atoms. The number of unbranched alkanes of at least 4 members (excludes halogenated alkanes) is 40. The molecule has 0 rings (SSSR count). The number of nitrogens with one attached hydrogen (secondary N) is 1. The first-order chi connectivity index (χ1) is 23.3. The molecule has 0 fully saturated rings. The van der Waals surface area contributed by atoms with Crippen molar-refractivity contribution >= 4 is 6.09 Å². The third-order valence-corrected chi connectivity index (χ3v) is 10.6. The summed E-state index contributed by atoms with van der Waals surface area (Å²) in [6.07, 6.45) is 57.9. The average Bonchev–Trinajstić information content (AvgIpc) is 3.07. The fourth-order valence-corrected chi connectivity index (χ4v) is 7.29. The molecular weight excluding hydrogens is 574 g/mol. The SMILES string of the molecule is CCCCCCCCCCCCCCCCCCCCCCCCCCCCCCCCCCCCCCCCCCCNC(=O)O. The van der Waals surface area contributed by atoms with E-state index >= 15 is 0 Å². The molecule has 0 saturated carbocycles. The van der Waals surface area contributed by atoms with Gasteiger partial charge in [0.15, 0.2) is 0 Å². The molecule has 282 valence electrons. The van der Waals surface area contributed by atoms with E-state index < -0.39 is 6.09 Å². The van der Waals surface area contributed by atoms with E-state index in [0.717, 1.165) is 12.8 Å². The van der Waals surface area contributed by atoms with Crippen LogP contribution in [0.5, 0.6) is 0 Å². The molecule has 0 aromatic rings. The maximum Gasteiger partial charge on any atom is 0.404 e. The lowest BCUT2D eigenvalue weighted by atomic mass is 10.0. The van der Waals surface area contributed by atoms with Crippen LogP contribution in [0.25, 0.3) is 0 Å². The highest BCUT2D eigenvalue weighted by Gasteiger charge is 1.98. The minimum Gasteiger partial charge on any atom is -0.465 e. The Morgan fingerprint density at radius 2 is 0.447 bits per heavy atom. The summed E-state index contributed by atoms with van der Waals surface area (Å²) in [5, 5.41) is 11.0. The lowest BCUT2D eigenvalue weighted by Gasteiger charge is -2.05. The highest BCUT2D eigenvalue weighted by Crippen LogP contribution is 2.17. The minimum atomic E-state index is -0.896. The summed E-state index contributed by atoms with van der Waals surface area (Å²) in [4.78, 5) is 10.4. The van der Waals surface area contributed by atoms with Gasteiger partial charge in [-0.2, -0.15) is 0 Å². The molecule has 0 aromatic carbocycles. The number of hydrogen-bond acceptors (Lipinski definition) is 1. The Balaban J connectivity index is 3.04. The van der Waals surface area contributed by atoms with Crippen molar-refractivity contribution in [1.82, 2.24) is 5.32 Å². The van der Waals surface area contributed by atoms with Crippen molar-refractivity contribution < 1.29 is 9.90 Å². The molecular formula is C44H89NO2. The van der Waals surface area contributed by atoms with E-state index in [0.29, 0.717) is 6.54 Å². The van der Waals surface area contributed by atoms with E-state index in [-0.39, 0.29) is 0 Å². The largest absolute Gasteiger partial charge is 0.465 e. The monoisotopic (exact) mass is 664 g/mol. The zero-order valence-corrected chi connectivity index (χ0v) is 32.6. The number of rotatable bonds is 42. The third-order valence-electron chi connectivity index (χ3n) is 10.6. The lowest BCUT2D eigenvalue weighted by molar-refractivity contribution is 0.194. The van der Waals surface area contributed by atoms with Gasteiger partial charge in [0, 0.05) is 6.54 Å². The molecule has 47 heavy (non-hydrogen) atoms. The zero-order chi connectivity index (χ0) is 34.0. The molecule has 0 radical (unpaired) electrons. The van der Waals surface area contributed by atoms with Crippen molar-refractivity contribution in [3.63, 3.8) is 0 Å². The van der Waals surface area contributed by atoms with Crippen LogP contribution in [-0.2, 0) is 0 Å². The van der Waals surface area contributed by atoms with E-state index in [1.165, 1.54) is 250 Å². The summed E-state index contributed by atoms with van der Waals surface area (Å²) in [6.45, 7) is 2.91. The van der Waals surface area contributed by atoms with Gasteiger partial charge >= 0.3 is 6.09 Å². The van der Waals surface area contributed by atoms with Crippen LogP contribution in [0.3, 0.4) is 0 Å². The maximum atomic E-state index is 10.4. The van der Waals surface area contributed by atoms with Gasteiger partial charge in [-0.1, -0.05) is 264 Å². The van der Waals surface area contributed by atoms with Crippen molar-refractivity contribution in [1.29, 1.82) is 0 Å². The second-order valence-electron chi connectivity index (χ2n) is 15.4. The van der Waals surface area contributed by atoms with Gasteiger partial charge in [0.25, 0.3) is 0 Å². The van der Waals surface area contributed by atoms with Crippen LogP contribution < -0.4 is 5.32 Å². The Hall–Kier alpha value is -0.730. The molecule has 0 spiro atoms. The van der Waals surface area contributed by atoms with Crippen LogP contribution in [0, 0.1) is 0 Å². The predicted molar refractivity (Wildman–Crippen MR) is 211 cm³/mol. The van der Waals surface area contributed by atoms with Gasteiger partial charge in [0.2, 0.25) is 0 Å². The van der Waals surface area contributed by atoms with Gasteiger partial charge in [0.1, 0.15) is 0 Å². The van der Waals surface area contributed by atoms with Gasteiger partial charge in [-0.05, 0) is 6.42 Å². The molecule has 0 aliphatic carbocycles. The maximum absolute atomic E-state index is 10.4. The molecule has 2 N–H and O–H groups in total. The van der Waals surface area contributed by atoms with E-state index in [1.807, 2.05) is 0 Å². The molecule has 0 atom stereocenters. The van der Waals surface area contributed by atoms with Crippen LogP contribution in [0.15, 0.2) is 0 Å². The van der Waals surface area contributed by atoms with Crippen molar-refractivity contribution in [2.24, 2.45) is 0 Å². The highest BCUT2D eigenvalue weighted by atomic mass is 16.4. The average molecular weight is 664 g/mol. The Bertz CT molecular complexity index is 565. The molecule has 0 unspecified atom stereocenters. The van der Waals surface area contributed by atoms with Crippen LogP contribution in [-0.4, -0.2) is 17.7 Å². The lowest BCUT2D eigenvalue weighted by Crippen LogP contribution is -2.21. The molecule has 0 aliphatic heterocycles. The van der Waals surface area contributed by atoms with Crippen molar-refractivity contribution in [2.45, 2.75) is 270 Å². The highest BCUT2D eigenvalue weighted by molar-refractivity contribution is 5.64. The number of carboxylic acid groups (broad SMARTS) is 1. The summed E-state index contributed by atoms with van der Waals surface area (Å²) in [7, 11) is 0. The second kappa shape index (κ2) is 43.3. The first-order valence-corrected chi connectivity index (χ1v) is 22.2. The Labute approximate surface area is 297 Å². The summed E-state index contributed by atoms with van der Waals surface area (Å²) < 4.78 is 0. The van der Waals surface area contributed by atoms with Crippen molar-refractivity contribution in [3.8, 4) is 0 Å². The van der Waals surface area contributed by atoms with Gasteiger partial charge in [-0.15, -0.1) is 0 Å². The van der Waals surface area contributed by atoms with Crippen molar-refractivity contribution in [2.75, 3.05) is 6.54 Å². The molecule has 0 heterocycles. The number of carbonyl (C=O) groups is 1. The van der Waals surface area contributed by atoms with Gasteiger partial charge < -0.3 is 10.4 Å². The van der Waals surface area contributed by atoms with Crippen LogP contribution in [0.2, 0.25) is 0 Å². The smallest absolute Gasteiger partial charge is 0.404 e. The molecule has 3 heteroatoms. The van der Waals surface area contributed by atoms with Gasteiger partial charge in [-0.3, -0.25) is 0 Å². The molecule has 0 aliphatic rings.